The van der Waals surface area contributed by atoms with E-state index in [1.807, 2.05) is 20.8 Å². The molecule has 6 nitrogen and oxygen atoms in total. The van der Waals surface area contributed by atoms with Crippen LogP contribution in [0.25, 0.3) is 10.8 Å². The summed E-state index contributed by atoms with van der Waals surface area (Å²) in [5.74, 6) is -0.389. The largest absolute Gasteiger partial charge is 0.435 e. The van der Waals surface area contributed by atoms with E-state index in [2.05, 4.69) is 15.6 Å². The summed E-state index contributed by atoms with van der Waals surface area (Å²) in [4.78, 5) is 23.3. The number of benzene rings is 3. The number of nitrogens with zero attached hydrogens (tertiary/aromatic N) is 2. The fourth-order valence-electron chi connectivity index (χ4n) is 4.05. The molecular formula is C27H23Cl3F3N3O3. The van der Waals surface area contributed by atoms with E-state index in [1.165, 1.54) is 12.3 Å². The summed E-state index contributed by atoms with van der Waals surface area (Å²) < 4.78 is 43.5. The van der Waals surface area contributed by atoms with Crippen LogP contribution in [-0.4, -0.2) is 36.2 Å². The Labute approximate surface area is 237 Å². The predicted octanol–water partition coefficient (Wildman–Crippen LogP) is 7.91. The fourth-order valence-corrected chi connectivity index (χ4v) is 4.65. The van der Waals surface area contributed by atoms with Crippen molar-refractivity contribution in [1.29, 1.82) is 0 Å². The lowest BCUT2D eigenvalue weighted by atomic mass is 9.85. The van der Waals surface area contributed by atoms with Gasteiger partial charge >= 0.3 is 6.18 Å². The molecule has 4 rings (SSSR count). The second kappa shape index (κ2) is 10.9. The molecule has 3 aromatic carbocycles. The van der Waals surface area contributed by atoms with Gasteiger partial charge < -0.3 is 15.0 Å². The summed E-state index contributed by atoms with van der Waals surface area (Å²) in [6.07, 6.45) is -4.09. The van der Waals surface area contributed by atoms with Crippen molar-refractivity contribution in [2.24, 2.45) is 10.3 Å². The summed E-state index contributed by atoms with van der Waals surface area (Å²) >= 11 is 18.0. The molecule has 39 heavy (non-hydrogen) atoms. The summed E-state index contributed by atoms with van der Waals surface area (Å²) in [6, 6.07) is 12.1. The van der Waals surface area contributed by atoms with Crippen molar-refractivity contribution in [1.82, 2.24) is 5.32 Å². The number of carbonyl (C=O) groups excluding carboxylic acids is 1. The van der Waals surface area contributed by atoms with Gasteiger partial charge in [-0.1, -0.05) is 75.4 Å². The lowest BCUT2D eigenvalue weighted by molar-refractivity contribution is -0.275. The van der Waals surface area contributed by atoms with Crippen molar-refractivity contribution in [3.63, 3.8) is 0 Å². The summed E-state index contributed by atoms with van der Waals surface area (Å²) in [5.41, 5.74) is -2.85. The number of alkyl halides is 3. The van der Waals surface area contributed by atoms with E-state index in [0.29, 0.717) is 21.9 Å². The quantitative estimate of drug-likeness (QED) is 0.178. The number of rotatable bonds is 6. The van der Waals surface area contributed by atoms with Gasteiger partial charge in [0.05, 0.1) is 33.5 Å². The molecular weight excluding hydrogens is 578 g/mol. The molecule has 0 saturated carbocycles. The molecule has 0 radical (unpaired) electrons. The van der Waals surface area contributed by atoms with E-state index in [0.717, 1.165) is 12.1 Å². The fraction of sp³-hybridized carbons (Fsp3) is 0.296. The molecule has 1 N–H and O–H groups in total. The van der Waals surface area contributed by atoms with Crippen LogP contribution >= 0.6 is 34.8 Å². The minimum atomic E-state index is -4.87. The van der Waals surface area contributed by atoms with Crippen molar-refractivity contribution in [2.75, 3.05) is 6.54 Å². The molecule has 1 atom stereocenters. The number of hydrogen-bond acceptors (Lipinski definition) is 5. The third-order valence-corrected chi connectivity index (χ3v) is 7.07. The molecule has 0 saturated heterocycles. The zero-order valence-corrected chi connectivity index (χ0v) is 23.3. The van der Waals surface area contributed by atoms with Gasteiger partial charge in [0.15, 0.2) is 0 Å². The van der Waals surface area contributed by atoms with E-state index in [1.54, 1.807) is 30.3 Å². The molecule has 12 heteroatoms. The van der Waals surface area contributed by atoms with Crippen LogP contribution in [0.2, 0.25) is 15.1 Å². The first-order valence-corrected chi connectivity index (χ1v) is 12.8. The zero-order valence-electron chi connectivity index (χ0n) is 21.0. The topological polar surface area (TPSA) is 72.3 Å². The van der Waals surface area contributed by atoms with Crippen LogP contribution in [0.4, 0.5) is 13.2 Å². The molecule has 0 aliphatic carbocycles. The molecule has 3 aromatic rings. The highest BCUT2D eigenvalue weighted by molar-refractivity contribution is 6.48. The Kier molecular flexibility index (Phi) is 8.08. The van der Waals surface area contributed by atoms with Crippen LogP contribution < -0.4 is 5.32 Å². The van der Waals surface area contributed by atoms with Crippen LogP contribution in [-0.2, 0) is 15.3 Å². The molecule has 1 unspecified atom stereocenters. The minimum absolute atomic E-state index is 0.0455. The van der Waals surface area contributed by atoms with Gasteiger partial charge in [-0.25, -0.2) is 0 Å². The van der Waals surface area contributed by atoms with E-state index in [-0.39, 0.29) is 38.8 Å². The van der Waals surface area contributed by atoms with Crippen LogP contribution in [0.5, 0.6) is 0 Å². The molecule has 206 valence electrons. The van der Waals surface area contributed by atoms with E-state index >= 15 is 0 Å². The summed E-state index contributed by atoms with van der Waals surface area (Å²) in [6.45, 7) is 5.64. The molecule has 0 fully saturated rings. The third-order valence-electron chi connectivity index (χ3n) is 5.87. The number of nitrogens with one attached hydrogen (secondary N) is 1. The van der Waals surface area contributed by atoms with Gasteiger partial charge in [-0.05, 0) is 49.7 Å². The molecule has 1 heterocycles. The van der Waals surface area contributed by atoms with Crippen LogP contribution in [0.15, 0.2) is 58.8 Å². The molecule has 0 spiro atoms. The number of fused-ring (bicyclic) bond motifs is 1. The van der Waals surface area contributed by atoms with Crippen molar-refractivity contribution < 1.29 is 27.6 Å². The van der Waals surface area contributed by atoms with Crippen LogP contribution in [0.1, 0.15) is 48.7 Å². The van der Waals surface area contributed by atoms with Crippen LogP contribution in [0, 0.1) is 0 Å². The second-order valence-corrected chi connectivity index (χ2v) is 11.0. The SMILES string of the molecule is CC(C)(C)O/N=C\CNC(=O)c1ccc(C2=NOC(c3cc(Cl)c(Cl)c(Cl)c3)(C(F)(F)F)C2)c2ccccc12. The molecule has 1 aliphatic rings. The van der Waals surface area contributed by atoms with Gasteiger partial charge in [-0.15, -0.1) is 0 Å². The van der Waals surface area contributed by atoms with Crippen molar-refractivity contribution >= 4 is 63.4 Å². The third kappa shape index (κ3) is 5.95. The van der Waals surface area contributed by atoms with Crippen molar-refractivity contribution in [3.8, 4) is 0 Å². The van der Waals surface area contributed by atoms with Crippen molar-refractivity contribution in [3.05, 3.63) is 80.3 Å². The first kappa shape index (κ1) is 29.0. The van der Waals surface area contributed by atoms with E-state index < -0.39 is 23.8 Å². The standard InChI is InChI=1S/C27H23Cl3F3N3O3/c1-25(2,3)38-35-11-10-34-24(37)19-9-8-18(16-6-4-5-7-17(16)19)22-14-26(39-36-22,27(31,32)33)15-12-20(28)23(30)21(29)13-15/h4-9,11-13H,10,14H2,1-3H3,(H,34,37)/b35-11-. The predicted molar refractivity (Wildman–Crippen MR) is 147 cm³/mol. The van der Waals surface area contributed by atoms with Crippen molar-refractivity contribution in [2.45, 2.75) is 44.6 Å². The van der Waals surface area contributed by atoms with E-state index in [4.69, 9.17) is 44.5 Å². The first-order chi connectivity index (χ1) is 18.2. The number of amides is 1. The molecule has 0 aromatic heterocycles. The normalized spacial score (nSPS) is 17.8. The molecule has 1 amide bonds. The molecule has 1 aliphatic heterocycles. The van der Waals surface area contributed by atoms with E-state index in [9.17, 15) is 18.0 Å². The lowest BCUT2D eigenvalue weighted by Crippen LogP contribution is -2.42. The average molecular weight is 601 g/mol. The maximum absolute atomic E-state index is 14.5. The lowest BCUT2D eigenvalue weighted by Gasteiger charge is -2.30. The Morgan fingerprint density at radius 2 is 1.74 bits per heavy atom. The van der Waals surface area contributed by atoms with Gasteiger partial charge in [-0.3, -0.25) is 4.79 Å². The van der Waals surface area contributed by atoms with Crippen LogP contribution in [0.3, 0.4) is 0 Å². The molecule has 0 bridgehead atoms. The Balaban J connectivity index is 1.65. The monoisotopic (exact) mass is 599 g/mol. The summed E-state index contributed by atoms with van der Waals surface area (Å²) in [7, 11) is 0. The minimum Gasteiger partial charge on any atom is -0.390 e. The Bertz CT molecular complexity index is 1460. The maximum atomic E-state index is 14.5. The maximum Gasteiger partial charge on any atom is 0.435 e. The highest BCUT2D eigenvalue weighted by Gasteiger charge is 2.62. The second-order valence-electron chi connectivity index (χ2n) is 9.79. The highest BCUT2D eigenvalue weighted by atomic mass is 35.5. The Hall–Kier alpha value is -3.01. The summed E-state index contributed by atoms with van der Waals surface area (Å²) in [5, 5.41) is 11.1. The highest BCUT2D eigenvalue weighted by Crippen LogP contribution is 2.51. The number of halogens is 6. The zero-order chi connectivity index (χ0) is 28.6. The Morgan fingerprint density at radius 1 is 1.10 bits per heavy atom. The van der Waals surface area contributed by atoms with Gasteiger partial charge in [0.25, 0.3) is 11.5 Å². The number of hydrogen-bond donors (Lipinski definition) is 1. The van der Waals surface area contributed by atoms with Gasteiger partial charge in [0.2, 0.25) is 0 Å². The van der Waals surface area contributed by atoms with Gasteiger partial charge in [0, 0.05) is 23.1 Å². The number of carbonyl (C=O) groups is 1. The first-order valence-electron chi connectivity index (χ1n) is 11.7. The smallest absolute Gasteiger partial charge is 0.390 e. The Morgan fingerprint density at radius 3 is 2.36 bits per heavy atom. The van der Waals surface area contributed by atoms with Gasteiger partial charge in [0.1, 0.15) is 5.60 Å². The average Bonchev–Trinajstić information content (AvgIpc) is 3.32. The number of oxime groups is 2. The van der Waals surface area contributed by atoms with Gasteiger partial charge in [-0.2, -0.15) is 13.2 Å².